The largest absolute Gasteiger partial charge is 0.465 e. The molecule has 0 aromatic heterocycles. The van der Waals surface area contributed by atoms with E-state index in [0.717, 1.165) is 43.5 Å². The molecule has 0 radical (unpaired) electrons. The molecule has 1 atom stereocenters. The first-order valence-electron chi connectivity index (χ1n) is 6.85. The van der Waals surface area contributed by atoms with Crippen LogP contribution in [-0.2, 0) is 11.2 Å². The molecule has 0 amide bonds. The third-order valence-corrected chi connectivity index (χ3v) is 4.25. The Labute approximate surface area is 112 Å². The minimum Gasteiger partial charge on any atom is -0.465 e. The van der Waals surface area contributed by atoms with Crippen molar-refractivity contribution in [1.82, 2.24) is 4.90 Å². The van der Waals surface area contributed by atoms with Crippen LogP contribution in [0.2, 0.25) is 0 Å². The van der Waals surface area contributed by atoms with Gasteiger partial charge in [-0.05, 0) is 43.5 Å². The molecular weight excluding hydrogens is 245 g/mol. The van der Waals surface area contributed by atoms with Crippen molar-refractivity contribution >= 4 is 5.97 Å². The van der Waals surface area contributed by atoms with Crippen molar-refractivity contribution in [3.63, 3.8) is 0 Å². The van der Waals surface area contributed by atoms with E-state index in [1.807, 2.05) is 0 Å². The molecule has 2 heterocycles. The van der Waals surface area contributed by atoms with E-state index in [4.69, 9.17) is 0 Å². The van der Waals surface area contributed by atoms with E-state index in [1.165, 1.54) is 19.6 Å². The van der Waals surface area contributed by atoms with Gasteiger partial charge in [0.25, 0.3) is 0 Å². The lowest BCUT2D eigenvalue weighted by Crippen LogP contribution is -2.39. The van der Waals surface area contributed by atoms with E-state index in [2.05, 4.69) is 9.64 Å². The summed E-state index contributed by atoms with van der Waals surface area (Å²) in [7, 11) is 1.32. The van der Waals surface area contributed by atoms with Crippen molar-refractivity contribution in [1.29, 1.82) is 0 Å². The molecule has 0 bridgehead atoms. The standard InChI is InChI=1S/C15H18FNO2/c1-19-15(18)11-8-10-5-7-17-6-3-2-4-13(17)14(10)12(16)9-11/h8-9,13H,2-7H2,1H3. The summed E-state index contributed by atoms with van der Waals surface area (Å²) in [6.07, 6.45) is 4.18. The number of carbonyl (C=O) groups excluding carboxylic acids is 1. The van der Waals surface area contributed by atoms with Crippen LogP contribution in [0.15, 0.2) is 12.1 Å². The summed E-state index contributed by atoms with van der Waals surface area (Å²) >= 11 is 0. The Morgan fingerprint density at radius 3 is 3.00 bits per heavy atom. The summed E-state index contributed by atoms with van der Waals surface area (Å²) in [4.78, 5) is 13.9. The van der Waals surface area contributed by atoms with Crippen molar-refractivity contribution in [3.05, 3.63) is 34.6 Å². The SMILES string of the molecule is COC(=O)c1cc(F)c2c(c1)CCN1CCCCC21. The number of methoxy groups -OCH3 is 1. The Morgan fingerprint density at radius 1 is 1.37 bits per heavy atom. The van der Waals surface area contributed by atoms with Crippen molar-refractivity contribution in [3.8, 4) is 0 Å². The maximum Gasteiger partial charge on any atom is 0.337 e. The average molecular weight is 263 g/mol. The molecule has 2 aliphatic rings. The summed E-state index contributed by atoms with van der Waals surface area (Å²) in [5, 5.41) is 0. The molecule has 0 saturated carbocycles. The fraction of sp³-hybridized carbons (Fsp3) is 0.533. The zero-order valence-electron chi connectivity index (χ0n) is 11.1. The Morgan fingerprint density at radius 2 is 2.21 bits per heavy atom. The first kappa shape index (κ1) is 12.6. The summed E-state index contributed by atoms with van der Waals surface area (Å²) in [6, 6.07) is 3.32. The molecule has 0 N–H and O–H groups in total. The number of esters is 1. The molecular formula is C15H18FNO2. The topological polar surface area (TPSA) is 29.5 Å². The van der Waals surface area contributed by atoms with Crippen LogP contribution in [0.3, 0.4) is 0 Å². The number of hydrogen-bond donors (Lipinski definition) is 0. The van der Waals surface area contributed by atoms with Crippen LogP contribution in [0.25, 0.3) is 0 Å². The molecule has 3 nitrogen and oxygen atoms in total. The van der Waals surface area contributed by atoms with Crippen molar-refractivity contribution < 1.29 is 13.9 Å². The van der Waals surface area contributed by atoms with Crippen molar-refractivity contribution in [2.45, 2.75) is 31.7 Å². The minimum absolute atomic E-state index is 0.198. The number of benzene rings is 1. The molecule has 1 saturated heterocycles. The maximum atomic E-state index is 14.4. The molecule has 3 rings (SSSR count). The molecule has 0 spiro atoms. The van der Waals surface area contributed by atoms with Gasteiger partial charge in [0.2, 0.25) is 0 Å². The van der Waals surface area contributed by atoms with Gasteiger partial charge in [-0.15, -0.1) is 0 Å². The number of hydrogen-bond acceptors (Lipinski definition) is 3. The van der Waals surface area contributed by atoms with E-state index in [0.29, 0.717) is 5.56 Å². The lowest BCUT2D eigenvalue weighted by Gasteiger charge is -2.40. The van der Waals surface area contributed by atoms with Gasteiger partial charge in [-0.1, -0.05) is 6.42 Å². The van der Waals surface area contributed by atoms with Gasteiger partial charge < -0.3 is 4.74 Å². The van der Waals surface area contributed by atoms with Crippen LogP contribution in [0.1, 0.15) is 46.8 Å². The van der Waals surface area contributed by atoms with Gasteiger partial charge in [0.15, 0.2) is 0 Å². The second-order valence-corrected chi connectivity index (χ2v) is 5.32. The molecule has 4 heteroatoms. The molecule has 1 fully saturated rings. The summed E-state index contributed by atoms with van der Waals surface area (Å²) < 4.78 is 19.0. The number of fused-ring (bicyclic) bond motifs is 3. The highest BCUT2D eigenvalue weighted by atomic mass is 19.1. The van der Waals surface area contributed by atoms with E-state index in [-0.39, 0.29) is 11.9 Å². The van der Waals surface area contributed by atoms with Crippen molar-refractivity contribution in [2.24, 2.45) is 0 Å². The molecule has 0 aliphatic carbocycles. The van der Waals surface area contributed by atoms with Crippen molar-refractivity contribution in [2.75, 3.05) is 20.2 Å². The number of carbonyl (C=O) groups is 1. The fourth-order valence-electron chi connectivity index (χ4n) is 3.34. The lowest BCUT2D eigenvalue weighted by atomic mass is 9.85. The Bertz CT molecular complexity index is 515. The molecule has 19 heavy (non-hydrogen) atoms. The predicted octanol–water partition coefficient (Wildman–Crippen LogP) is 2.70. The van der Waals surface area contributed by atoms with Gasteiger partial charge in [0, 0.05) is 18.2 Å². The van der Waals surface area contributed by atoms with E-state index >= 15 is 0 Å². The van der Waals surface area contributed by atoms with Gasteiger partial charge in [-0.2, -0.15) is 0 Å². The van der Waals surface area contributed by atoms with Crippen LogP contribution < -0.4 is 0 Å². The Hall–Kier alpha value is -1.42. The summed E-state index contributed by atoms with van der Waals surface area (Å²) in [5.41, 5.74) is 2.10. The first-order chi connectivity index (χ1) is 9.20. The summed E-state index contributed by atoms with van der Waals surface area (Å²) in [5.74, 6) is -0.720. The Balaban J connectivity index is 2.02. The van der Waals surface area contributed by atoms with Crippen LogP contribution in [-0.4, -0.2) is 31.1 Å². The highest BCUT2D eigenvalue weighted by Crippen LogP contribution is 2.38. The van der Waals surface area contributed by atoms with E-state index in [9.17, 15) is 9.18 Å². The number of nitrogens with zero attached hydrogens (tertiary/aromatic N) is 1. The molecule has 1 aromatic carbocycles. The van der Waals surface area contributed by atoms with Crippen LogP contribution >= 0.6 is 0 Å². The second kappa shape index (κ2) is 4.93. The van der Waals surface area contributed by atoms with Gasteiger partial charge in [0.1, 0.15) is 5.82 Å². The molecule has 2 aliphatic heterocycles. The third kappa shape index (κ3) is 2.14. The van der Waals surface area contributed by atoms with Crippen LogP contribution in [0.4, 0.5) is 4.39 Å². The zero-order valence-corrected chi connectivity index (χ0v) is 11.1. The second-order valence-electron chi connectivity index (χ2n) is 5.32. The zero-order chi connectivity index (χ0) is 13.4. The van der Waals surface area contributed by atoms with Crippen LogP contribution in [0.5, 0.6) is 0 Å². The first-order valence-corrected chi connectivity index (χ1v) is 6.85. The predicted molar refractivity (Wildman–Crippen MR) is 69.6 cm³/mol. The average Bonchev–Trinajstić information content (AvgIpc) is 2.45. The number of halogens is 1. The number of piperidine rings is 1. The fourth-order valence-corrected chi connectivity index (χ4v) is 3.34. The summed E-state index contributed by atoms with van der Waals surface area (Å²) in [6.45, 7) is 2.02. The molecule has 1 unspecified atom stereocenters. The quantitative estimate of drug-likeness (QED) is 0.730. The third-order valence-electron chi connectivity index (χ3n) is 4.25. The van der Waals surface area contributed by atoms with Gasteiger partial charge in [-0.3, -0.25) is 4.90 Å². The maximum absolute atomic E-state index is 14.4. The Kier molecular flexibility index (Phi) is 3.27. The van der Waals surface area contributed by atoms with Gasteiger partial charge in [0.05, 0.1) is 12.7 Å². The monoisotopic (exact) mass is 263 g/mol. The highest BCUT2D eigenvalue weighted by Gasteiger charge is 2.32. The van der Waals surface area contributed by atoms with Gasteiger partial charge >= 0.3 is 5.97 Å². The van der Waals surface area contributed by atoms with Gasteiger partial charge in [-0.25, -0.2) is 9.18 Å². The smallest absolute Gasteiger partial charge is 0.337 e. The lowest BCUT2D eigenvalue weighted by molar-refractivity contribution is 0.0599. The normalized spacial score (nSPS) is 22.5. The van der Waals surface area contributed by atoms with Crippen LogP contribution in [0, 0.1) is 5.82 Å². The van der Waals surface area contributed by atoms with E-state index in [1.54, 1.807) is 6.07 Å². The minimum atomic E-state index is -0.465. The highest BCUT2D eigenvalue weighted by molar-refractivity contribution is 5.89. The van der Waals surface area contributed by atoms with E-state index < -0.39 is 5.97 Å². The molecule has 102 valence electrons. The number of rotatable bonds is 1. The molecule has 1 aromatic rings. The number of ether oxygens (including phenoxy) is 1.